The van der Waals surface area contributed by atoms with Crippen LogP contribution in [-0.4, -0.2) is 12.6 Å². The second-order valence-electron chi connectivity index (χ2n) is 5.17. The number of hydrogen-bond acceptors (Lipinski definition) is 2. The van der Waals surface area contributed by atoms with Crippen LogP contribution >= 0.6 is 11.6 Å². The first kappa shape index (κ1) is 15.2. The van der Waals surface area contributed by atoms with Gasteiger partial charge in [-0.2, -0.15) is 0 Å². The second kappa shape index (κ2) is 7.52. The lowest BCUT2D eigenvalue weighted by Crippen LogP contribution is -2.17. The van der Waals surface area contributed by atoms with Gasteiger partial charge in [-0.15, -0.1) is 0 Å². The van der Waals surface area contributed by atoms with Gasteiger partial charge < -0.3 is 10.1 Å². The topological polar surface area (TPSA) is 21.3 Å². The van der Waals surface area contributed by atoms with Crippen LogP contribution < -0.4 is 10.1 Å². The molecule has 0 fully saturated rings. The molecule has 3 heteroatoms. The van der Waals surface area contributed by atoms with Crippen molar-refractivity contribution in [3.05, 3.63) is 23.2 Å². The smallest absolute Gasteiger partial charge is 0.138 e. The van der Waals surface area contributed by atoms with Crippen molar-refractivity contribution in [1.29, 1.82) is 0 Å². The van der Waals surface area contributed by atoms with E-state index in [4.69, 9.17) is 16.3 Å². The van der Waals surface area contributed by atoms with Crippen molar-refractivity contribution in [3.63, 3.8) is 0 Å². The van der Waals surface area contributed by atoms with Crippen molar-refractivity contribution in [2.45, 2.75) is 46.6 Å². The summed E-state index contributed by atoms with van der Waals surface area (Å²) < 4.78 is 5.55. The van der Waals surface area contributed by atoms with Crippen LogP contribution in [0.1, 0.15) is 40.5 Å². The van der Waals surface area contributed by atoms with Crippen LogP contribution in [-0.2, 0) is 0 Å². The Bertz CT molecular complexity index is 366. The molecule has 18 heavy (non-hydrogen) atoms. The molecule has 0 aliphatic heterocycles. The van der Waals surface area contributed by atoms with Gasteiger partial charge in [0.1, 0.15) is 5.75 Å². The molecule has 1 atom stereocenters. The maximum atomic E-state index is 6.19. The van der Waals surface area contributed by atoms with Gasteiger partial charge in [-0.05, 0) is 43.9 Å². The molecule has 0 spiro atoms. The zero-order valence-corrected chi connectivity index (χ0v) is 12.6. The van der Waals surface area contributed by atoms with Gasteiger partial charge >= 0.3 is 0 Å². The van der Waals surface area contributed by atoms with Crippen LogP contribution in [0.15, 0.2) is 18.2 Å². The molecule has 0 bridgehead atoms. The van der Waals surface area contributed by atoms with Crippen molar-refractivity contribution >= 4 is 17.3 Å². The molecule has 102 valence electrons. The number of rotatable bonds is 7. The predicted octanol–water partition coefficient (Wildman–Crippen LogP) is 4.98. The Morgan fingerprint density at radius 3 is 2.56 bits per heavy atom. The van der Waals surface area contributed by atoms with E-state index < -0.39 is 0 Å². The molecule has 0 aliphatic carbocycles. The summed E-state index contributed by atoms with van der Waals surface area (Å²) in [6.07, 6.45) is 2.13. The van der Waals surface area contributed by atoms with Crippen LogP contribution in [0.2, 0.25) is 5.02 Å². The van der Waals surface area contributed by atoms with Gasteiger partial charge in [0, 0.05) is 11.7 Å². The molecule has 1 aromatic rings. The lowest BCUT2D eigenvalue weighted by atomic mass is 10.1. The molecule has 0 aliphatic rings. The fourth-order valence-electron chi connectivity index (χ4n) is 1.97. The van der Waals surface area contributed by atoms with Gasteiger partial charge in [0.15, 0.2) is 0 Å². The molecule has 0 amide bonds. The Morgan fingerprint density at radius 2 is 2.00 bits per heavy atom. The average Bonchev–Trinajstić information content (AvgIpc) is 2.26. The third kappa shape index (κ3) is 5.18. The Balaban J connectivity index is 2.60. The summed E-state index contributed by atoms with van der Waals surface area (Å²) in [4.78, 5) is 0. The van der Waals surface area contributed by atoms with E-state index in [2.05, 4.69) is 33.0 Å². The maximum absolute atomic E-state index is 6.19. The SMILES string of the molecule is CCCOc1ccc(NC(C)CC(C)C)cc1Cl. The summed E-state index contributed by atoms with van der Waals surface area (Å²) in [5.74, 6) is 1.45. The van der Waals surface area contributed by atoms with Crippen LogP contribution in [0.25, 0.3) is 0 Å². The van der Waals surface area contributed by atoms with Crippen LogP contribution in [0.4, 0.5) is 5.69 Å². The molecule has 0 saturated heterocycles. The number of benzene rings is 1. The molecule has 1 rings (SSSR count). The average molecular weight is 270 g/mol. The van der Waals surface area contributed by atoms with Crippen LogP contribution in [0.5, 0.6) is 5.75 Å². The van der Waals surface area contributed by atoms with Gasteiger partial charge in [-0.25, -0.2) is 0 Å². The van der Waals surface area contributed by atoms with E-state index in [9.17, 15) is 0 Å². The third-order valence-electron chi connectivity index (χ3n) is 2.63. The molecule has 2 nitrogen and oxygen atoms in total. The Hall–Kier alpha value is -0.890. The maximum Gasteiger partial charge on any atom is 0.138 e. The van der Waals surface area contributed by atoms with Gasteiger partial charge in [0.25, 0.3) is 0 Å². The third-order valence-corrected chi connectivity index (χ3v) is 2.93. The molecule has 0 aromatic heterocycles. The van der Waals surface area contributed by atoms with E-state index >= 15 is 0 Å². The summed E-state index contributed by atoms with van der Waals surface area (Å²) in [6, 6.07) is 6.34. The largest absolute Gasteiger partial charge is 0.492 e. The molecule has 0 radical (unpaired) electrons. The van der Waals surface area contributed by atoms with E-state index in [0.717, 1.165) is 24.3 Å². The van der Waals surface area contributed by atoms with E-state index in [1.807, 2.05) is 18.2 Å². The molecule has 0 heterocycles. The number of anilines is 1. The zero-order valence-electron chi connectivity index (χ0n) is 11.8. The van der Waals surface area contributed by atoms with E-state index in [0.29, 0.717) is 23.6 Å². The van der Waals surface area contributed by atoms with Crippen LogP contribution in [0, 0.1) is 5.92 Å². The Morgan fingerprint density at radius 1 is 1.28 bits per heavy atom. The standard InChI is InChI=1S/C15H24ClNO/c1-5-8-18-15-7-6-13(10-14(15)16)17-12(4)9-11(2)3/h6-7,10-12,17H,5,8-9H2,1-4H3. The quantitative estimate of drug-likeness (QED) is 0.754. The number of hydrogen-bond donors (Lipinski definition) is 1. The molecule has 1 unspecified atom stereocenters. The molecular weight excluding hydrogens is 246 g/mol. The van der Waals surface area contributed by atoms with E-state index in [1.54, 1.807) is 0 Å². The van der Waals surface area contributed by atoms with Crippen molar-refractivity contribution in [1.82, 2.24) is 0 Å². The van der Waals surface area contributed by atoms with Crippen LogP contribution in [0.3, 0.4) is 0 Å². The normalized spacial score (nSPS) is 12.6. The molecule has 1 aromatic carbocycles. The Labute approximate surface area is 116 Å². The number of halogens is 1. The summed E-state index contributed by atoms with van der Waals surface area (Å²) in [7, 11) is 0. The molecule has 1 N–H and O–H groups in total. The van der Waals surface area contributed by atoms with E-state index in [-0.39, 0.29) is 0 Å². The fourth-order valence-corrected chi connectivity index (χ4v) is 2.21. The van der Waals surface area contributed by atoms with Gasteiger partial charge in [0.05, 0.1) is 11.6 Å². The highest BCUT2D eigenvalue weighted by Gasteiger charge is 2.07. The molecule has 0 saturated carbocycles. The summed E-state index contributed by atoms with van der Waals surface area (Å²) in [5, 5.41) is 4.13. The first-order chi connectivity index (χ1) is 8.52. The van der Waals surface area contributed by atoms with Gasteiger partial charge in [-0.3, -0.25) is 0 Å². The summed E-state index contributed by atoms with van der Waals surface area (Å²) in [5.41, 5.74) is 1.05. The van der Waals surface area contributed by atoms with Gasteiger partial charge in [-0.1, -0.05) is 32.4 Å². The number of nitrogens with one attached hydrogen (secondary N) is 1. The minimum absolute atomic E-state index is 0.448. The minimum atomic E-state index is 0.448. The minimum Gasteiger partial charge on any atom is -0.492 e. The zero-order chi connectivity index (χ0) is 13.5. The second-order valence-corrected chi connectivity index (χ2v) is 5.58. The predicted molar refractivity (Wildman–Crippen MR) is 79.8 cm³/mol. The first-order valence-corrected chi connectivity index (χ1v) is 7.09. The summed E-state index contributed by atoms with van der Waals surface area (Å²) >= 11 is 6.19. The Kier molecular flexibility index (Phi) is 6.34. The lowest BCUT2D eigenvalue weighted by Gasteiger charge is -2.18. The fraction of sp³-hybridized carbons (Fsp3) is 0.600. The lowest BCUT2D eigenvalue weighted by molar-refractivity contribution is 0.317. The highest BCUT2D eigenvalue weighted by Crippen LogP contribution is 2.28. The van der Waals surface area contributed by atoms with Crippen molar-refractivity contribution < 1.29 is 4.74 Å². The van der Waals surface area contributed by atoms with Crippen molar-refractivity contribution in [2.24, 2.45) is 5.92 Å². The summed E-state index contributed by atoms with van der Waals surface area (Å²) in [6.45, 7) is 9.43. The molecular formula is C15H24ClNO. The van der Waals surface area contributed by atoms with E-state index in [1.165, 1.54) is 0 Å². The highest BCUT2D eigenvalue weighted by molar-refractivity contribution is 6.32. The first-order valence-electron chi connectivity index (χ1n) is 6.71. The monoisotopic (exact) mass is 269 g/mol. The number of ether oxygens (including phenoxy) is 1. The van der Waals surface area contributed by atoms with Gasteiger partial charge in [0.2, 0.25) is 0 Å². The van der Waals surface area contributed by atoms with Crippen molar-refractivity contribution in [3.8, 4) is 5.75 Å². The van der Waals surface area contributed by atoms with Crippen molar-refractivity contribution in [2.75, 3.05) is 11.9 Å². The highest BCUT2D eigenvalue weighted by atomic mass is 35.5.